The number of hydrogen-bond acceptors (Lipinski definition) is 3. The van der Waals surface area contributed by atoms with Crippen molar-refractivity contribution in [1.29, 1.82) is 0 Å². The number of nitrogens with zero attached hydrogens (tertiary/aromatic N) is 2. The molecule has 0 radical (unpaired) electrons. The van der Waals surface area contributed by atoms with Crippen molar-refractivity contribution in [1.82, 2.24) is 20.0 Å². The van der Waals surface area contributed by atoms with E-state index in [1.807, 2.05) is 0 Å². The Morgan fingerprint density at radius 1 is 1.31 bits per heavy atom. The summed E-state index contributed by atoms with van der Waals surface area (Å²) in [6.45, 7) is 0.120. The maximum Gasteiger partial charge on any atom is 0.287 e. The first-order valence-electron chi connectivity index (χ1n) is 4.25. The fourth-order valence-electron chi connectivity index (χ4n) is 1.18. The van der Waals surface area contributed by atoms with E-state index in [1.54, 1.807) is 0 Å². The molecule has 0 amide bonds. The Hall–Kier alpha value is -1.53. The highest BCUT2D eigenvalue weighted by Crippen LogP contribution is 2.14. The molecule has 0 atom stereocenters. The predicted molar refractivity (Wildman–Crippen MR) is 59.0 cm³/mol. The quantitative estimate of drug-likeness (QED) is 0.830. The first-order valence-corrected chi connectivity index (χ1v) is 5.01. The van der Waals surface area contributed by atoms with Gasteiger partial charge in [0.05, 0.1) is 23.5 Å². The lowest BCUT2D eigenvalue weighted by atomic mass is 10.4. The van der Waals surface area contributed by atoms with Crippen molar-refractivity contribution in [3.05, 3.63) is 48.7 Å². The topological polar surface area (TPSA) is 83.5 Å². The highest BCUT2D eigenvalue weighted by atomic mass is 35.5. The van der Waals surface area contributed by atoms with Crippen molar-refractivity contribution in [2.45, 2.75) is 6.54 Å². The highest BCUT2D eigenvalue weighted by Gasteiger charge is 2.08. The molecule has 2 N–H and O–H groups in total. The summed E-state index contributed by atoms with van der Waals surface area (Å²) in [5.74, 6) is 0. The van der Waals surface area contributed by atoms with E-state index in [9.17, 15) is 9.59 Å². The van der Waals surface area contributed by atoms with Crippen molar-refractivity contribution in [3.63, 3.8) is 0 Å². The summed E-state index contributed by atoms with van der Waals surface area (Å²) in [6.07, 6.45) is 1.27. The summed E-state index contributed by atoms with van der Waals surface area (Å²) in [5.41, 5.74) is -0.252. The van der Waals surface area contributed by atoms with E-state index >= 15 is 0 Å². The molecule has 84 valence electrons. The Morgan fingerprint density at radius 3 is 2.69 bits per heavy atom. The number of H-pyrrole nitrogens is 2. The van der Waals surface area contributed by atoms with Gasteiger partial charge in [-0.15, -0.1) is 0 Å². The first kappa shape index (κ1) is 11.0. The molecule has 0 saturated carbocycles. The standard InChI is InChI=1S/C8H6Cl2N4O2/c9-5-2-11-14(8(16)7(5)10)3-4-1-6(15)13-12-4/h1-2H,3H2,(H2,12,13,15). The molecule has 2 rings (SSSR count). The van der Waals surface area contributed by atoms with Gasteiger partial charge in [-0.05, 0) is 0 Å². The van der Waals surface area contributed by atoms with Crippen LogP contribution in [0.5, 0.6) is 0 Å². The minimum absolute atomic E-state index is 0.0884. The van der Waals surface area contributed by atoms with E-state index in [1.165, 1.54) is 12.3 Å². The van der Waals surface area contributed by atoms with E-state index in [2.05, 4.69) is 15.3 Å². The molecule has 0 bridgehead atoms. The highest BCUT2D eigenvalue weighted by molar-refractivity contribution is 6.41. The molecular weight excluding hydrogens is 255 g/mol. The third-order valence-corrected chi connectivity index (χ3v) is 2.66. The van der Waals surface area contributed by atoms with Gasteiger partial charge in [-0.2, -0.15) is 5.10 Å². The van der Waals surface area contributed by atoms with Gasteiger partial charge in [0.15, 0.2) is 0 Å². The minimum Gasteiger partial charge on any atom is -0.300 e. The zero-order valence-corrected chi connectivity index (χ0v) is 9.34. The molecule has 0 aliphatic carbocycles. The van der Waals surface area contributed by atoms with Crippen LogP contribution < -0.4 is 11.1 Å². The monoisotopic (exact) mass is 260 g/mol. The number of aromatic amines is 2. The molecule has 0 aliphatic heterocycles. The largest absolute Gasteiger partial charge is 0.300 e. The van der Waals surface area contributed by atoms with Gasteiger partial charge >= 0.3 is 0 Å². The molecule has 16 heavy (non-hydrogen) atoms. The van der Waals surface area contributed by atoms with Gasteiger partial charge in [-0.25, -0.2) is 4.68 Å². The van der Waals surface area contributed by atoms with E-state index < -0.39 is 5.56 Å². The van der Waals surface area contributed by atoms with Crippen molar-refractivity contribution >= 4 is 23.2 Å². The maximum absolute atomic E-state index is 11.6. The third-order valence-electron chi connectivity index (χ3n) is 1.91. The van der Waals surface area contributed by atoms with Crippen LogP contribution in [-0.2, 0) is 6.54 Å². The summed E-state index contributed by atoms with van der Waals surface area (Å²) < 4.78 is 1.10. The molecule has 2 heterocycles. The second-order valence-electron chi connectivity index (χ2n) is 3.05. The molecule has 2 aromatic heterocycles. The third kappa shape index (κ3) is 2.02. The molecule has 2 aromatic rings. The Labute approximate surface area is 98.8 Å². The van der Waals surface area contributed by atoms with Crippen LogP contribution in [0.1, 0.15) is 5.69 Å². The van der Waals surface area contributed by atoms with Gasteiger partial charge in [0.25, 0.3) is 11.1 Å². The Kier molecular flexibility index (Phi) is 2.84. The second kappa shape index (κ2) is 4.15. The van der Waals surface area contributed by atoms with Gasteiger partial charge in [0.1, 0.15) is 5.02 Å². The van der Waals surface area contributed by atoms with E-state index in [-0.39, 0.29) is 22.1 Å². The van der Waals surface area contributed by atoms with Gasteiger partial charge in [-0.3, -0.25) is 14.7 Å². The Morgan fingerprint density at radius 2 is 2.06 bits per heavy atom. The van der Waals surface area contributed by atoms with Gasteiger partial charge in [0.2, 0.25) is 0 Å². The number of halogens is 2. The molecule has 0 spiro atoms. The summed E-state index contributed by atoms with van der Waals surface area (Å²) in [6, 6.07) is 1.33. The summed E-state index contributed by atoms with van der Waals surface area (Å²) in [7, 11) is 0. The van der Waals surface area contributed by atoms with E-state index in [0.29, 0.717) is 5.69 Å². The average molecular weight is 261 g/mol. The molecule has 0 aromatic carbocycles. The van der Waals surface area contributed by atoms with Crippen molar-refractivity contribution in [3.8, 4) is 0 Å². The van der Waals surface area contributed by atoms with Crippen LogP contribution in [0.3, 0.4) is 0 Å². The average Bonchev–Trinajstić information content (AvgIpc) is 2.65. The number of rotatable bonds is 2. The maximum atomic E-state index is 11.6. The van der Waals surface area contributed by atoms with Crippen LogP contribution in [0.2, 0.25) is 10.0 Å². The lowest BCUT2D eigenvalue weighted by Gasteiger charge is -2.02. The molecule has 8 heteroatoms. The zero-order chi connectivity index (χ0) is 11.7. The van der Waals surface area contributed by atoms with E-state index in [4.69, 9.17) is 23.2 Å². The minimum atomic E-state index is -0.504. The fraction of sp³-hybridized carbons (Fsp3) is 0.125. The van der Waals surface area contributed by atoms with Crippen molar-refractivity contribution in [2.24, 2.45) is 0 Å². The lowest BCUT2D eigenvalue weighted by molar-refractivity contribution is 0.626. The smallest absolute Gasteiger partial charge is 0.287 e. The normalized spacial score (nSPS) is 10.6. The number of hydrogen-bond donors (Lipinski definition) is 2. The van der Waals surface area contributed by atoms with Gasteiger partial charge in [0, 0.05) is 6.07 Å². The lowest BCUT2D eigenvalue weighted by Crippen LogP contribution is -2.23. The Balaban J connectivity index is 2.39. The number of aromatic nitrogens is 4. The van der Waals surface area contributed by atoms with Crippen LogP contribution in [0.15, 0.2) is 21.9 Å². The predicted octanol–water partition coefficient (Wildman–Crippen LogP) is 0.615. The molecule has 0 aliphatic rings. The van der Waals surface area contributed by atoms with Crippen molar-refractivity contribution < 1.29 is 0 Å². The SMILES string of the molecule is O=c1cc(Cn2ncc(Cl)c(Cl)c2=O)[nH][nH]1. The Bertz CT molecular complexity index is 627. The van der Waals surface area contributed by atoms with Gasteiger partial charge < -0.3 is 5.10 Å². The molecule has 0 unspecified atom stereocenters. The summed E-state index contributed by atoms with van der Waals surface area (Å²) in [5, 5.41) is 8.76. The fourth-order valence-corrected chi connectivity index (χ4v) is 1.45. The van der Waals surface area contributed by atoms with Crippen LogP contribution in [0.25, 0.3) is 0 Å². The molecular formula is C8H6Cl2N4O2. The first-order chi connectivity index (χ1) is 7.58. The second-order valence-corrected chi connectivity index (χ2v) is 3.84. The van der Waals surface area contributed by atoms with E-state index in [0.717, 1.165) is 4.68 Å². The van der Waals surface area contributed by atoms with Crippen molar-refractivity contribution in [2.75, 3.05) is 0 Å². The number of nitrogens with one attached hydrogen (secondary N) is 2. The van der Waals surface area contributed by atoms with Crippen LogP contribution >= 0.6 is 23.2 Å². The molecule has 0 fully saturated rings. The molecule has 6 nitrogen and oxygen atoms in total. The summed E-state index contributed by atoms with van der Waals surface area (Å²) in [4.78, 5) is 22.4. The van der Waals surface area contributed by atoms with Crippen LogP contribution in [0, 0.1) is 0 Å². The van der Waals surface area contributed by atoms with Crippen LogP contribution in [0.4, 0.5) is 0 Å². The molecule has 0 saturated heterocycles. The van der Waals surface area contributed by atoms with Gasteiger partial charge in [-0.1, -0.05) is 23.2 Å². The summed E-state index contributed by atoms with van der Waals surface area (Å²) >= 11 is 11.3. The zero-order valence-electron chi connectivity index (χ0n) is 7.83. The van der Waals surface area contributed by atoms with Crippen LogP contribution in [-0.4, -0.2) is 20.0 Å².